The molecule has 0 bridgehead atoms. The number of ether oxygens (including phenoxy) is 4. The fourth-order valence-electron chi connectivity index (χ4n) is 4.61. The minimum absolute atomic E-state index is 0.269. The third-order valence-electron chi connectivity index (χ3n) is 7.28. The second-order valence-corrected chi connectivity index (χ2v) is 11.2. The standard InChI is InChI=1S/C35H50F4O5/c1-3-5-7-9-11-13-15-17-27-41-29-19-23-31(24-20-29)43-33(40)34(36,35(37,38)39)44-32-25-21-30(22-26-32)42-28-18-16-14-12-10-8-6-4-2/h19-26H,3-18,27-28H2,1-2H3. The number of unbranched alkanes of at least 4 members (excludes halogenated alkanes) is 14. The lowest BCUT2D eigenvalue weighted by Crippen LogP contribution is -2.54. The molecule has 0 amide bonds. The molecule has 0 aliphatic rings. The molecule has 0 fully saturated rings. The molecule has 0 radical (unpaired) electrons. The summed E-state index contributed by atoms with van der Waals surface area (Å²) in [6.07, 6.45) is 12.8. The molecule has 0 saturated carbocycles. The molecule has 0 heterocycles. The van der Waals surface area contributed by atoms with Gasteiger partial charge in [0.2, 0.25) is 0 Å². The van der Waals surface area contributed by atoms with Crippen LogP contribution in [0, 0.1) is 0 Å². The molecule has 248 valence electrons. The predicted molar refractivity (Wildman–Crippen MR) is 165 cm³/mol. The summed E-state index contributed by atoms with van der Waals surface area (Å²) >= 11 is 0. The van der Waals surface area contributed by atoms with Crippen LogP contribution >= 0.6 is 0 Å². The van der Waals surface area contributed by atoms with Gasteiger partial charge in [-0.05, 0) is 61.4 Å². The molecule has 0 aliphatic heterocycles. The monoisotopic (exact) mass is 626 g/mol. The molecular weight excluding hydrogens is 576 g/mol. The van der Waals surface area contributed by atoms with Crippen LogP contribution < -0.4 is 18.9 Å². The van der Waals surface area contributed by atoms with Gasteiger partial charge in [0.05, 0.1) is 13.2 Å². The van der Waals surface area contributed by atoms with E-state index in [1.54, 1.807) is 0 Å². The summed E-state index contributed by atoms with van der Waals surface area (Å²) in [5.74, 6) is -6.83. The zero-order chi connectivity index (χ0) is 32.1. The number of alkyl halides is 4. The molecule has 0 aromatic heterocycles. The topological polar surface area (TPSA) is 54.0 Å². The molecule has 0 N–H and O–H groups in total. The summed E-state index contributed by atoms with van der Waals surface area (Å²) in [6, 6.07) is 10.4. The molecular formula is C35H50F4O5. The van der Waals surface area contributed by atoms with E-state index in [-0.39, 0.29) is 5.75 Å². The number of hydrogen-bond acceptors (Lipinski definition) is 5. The van der Waals surface area contributed by atoms with Gasteiger partial charge in [-0.25, -0.2) is 4.79 Å². The Bertz CT molecular complexity index is 1030. The van der Waals surface area contributed by atoms with Gasteiger partial charge in [-0.15, -0.1) is 0 Å². The Labute approximate surface area is 260 Å². The van der Waals surface area contributed by atoms with Gasteiger partial charge >= 0.3 is 18.0 Å². The summed E-state index contributed by atoms with van der Waals surface area (Å²) in [5, 5.41) is 0. The Morgan fingerprint density at radius 3 is 1.25 bits per heavy atom. The number of benzene rings is 2. The Morgan fingerprint density at radius 2 is 0.864 bits per heavy atom. The average Bonchev–Trinajstić information content (AvgIpc) is 3.00. The van der Waals surface area contributed by atoms with Crippen molar-refractivity contribution in [2.75, 3.05) is 13.2 Å². The van der Waals surface area contributed by atoms with Gasteiger partial charge in [-0.2, -0.15) is 17.6 Å². The second kappa shape index (κ2) is 20.9. The third kappa shape index (κ3) is 14.2. The number of carbonyl (C=O) groups is 1. The lowest BCUT2D eigenvalue weighted by Gasteiger charge is -2.26. The van der Waals surface area contributed by atoms with E-state index in [2.05, 4.69) is 18.6 Å². The lowest BCUT2D eigenvalue weighted by molar-refractivity contribution is -0.293. The van der Waals surface area contributed by atoms with Gasteiger partial charge in [0.25, 0.3) is 0 Å². The molecule has 0 aliphatic carbocycles. The van der Waals surface area contributed by atoms with Crippen molar-refractivity contribution < 1.29 is 41.3 Å². The van der Waals surface area contributed by atoms with E-state index in [1.165, 1.54) is 101 Å². The molecule has 0 spiro atoms. The first kappa shape index (κ1) is 37.2. The first-order valence-corrected chi connectivity index (χ1v) is 16.3. The molecule has 1 atom stereocenters. The van der Waals surface area contributed by atoms with E-state index in [0.717, 1.165) is 50.7 Å². The highest BCUT2D eigenvalue weighted by Crippen LogP contribution is 2.38. The minimum atomic E-state index is -5.69. The van der Waals surface area contributed by atoms with Crippen LogP contribution in [0.2, 0.25) is 0 Å². The van der Waals surface area contributed by atoms with Gasteiger partial charge in [-0.1, -0.05) is 104 Å². The molecule has 0 saturated heterocycles. The third-order valence-corrected chi connectivity index (χ3v) is 7.28. The van der Waals surface area contributed by atoms with Gasteiger partial charge < -0.3 is 18.9 Å². The van der Waals surface area contributed by atoms with Crippen molar-refractivity contribution in [1.82, 2.24) is 0 Å². The van der Waals surface area contributed by atoms with Crippen LogP contribution in [0.3, 0.4) is 0 Å². The van der Waals surface area contributed by atoms with Crippen molar-refractivity contribution in [3.8, 4) is 23.0 Å². The number of carbonyl (C=O) groups excluding carboxylic acids is 1. The summed E-state index contributed by atoms with van der Waals surface area (Å²) < 4.78 is 76.8. The van der Waals surface area contributed by atoms with Crippen LogP contribution in [-0.4, -0.2) is 31.2 Å². The Kier molecular flexibility index (Phi) is 17.7. The maximum atomic E-state index is 15.1. The minimum Gasteiger partial charge on any atom is -0.494 e. The van der Waals surface area contributed by atoms with E-state index < -0.39 is 23.7 Å². The average molecular weight is 627 g/mol. The van der Waals surface area contributed by atoms with Crippen LogP contribution in [-0.2, 0) is 4.79 Å². The van der Waals surface area contributed by atoms with Gasteiger partial charge in [0.1, 0.15) is 23.0 Å². The van der Waals surface area contributed by atoms with Crippen molar-refractivity contribution in [2.45, 2.75) is 129 Å². The van der Waals surface area contributed by atoms with Crippen molar-refractivity contribution in [2.24, 2.45) is 0 Å². The van der Waals surface area contributed by atoms with Crippen molar-refractivity contribution in [1.29, 1.82) is 0 Å². The van der Waals surface area contributed by atoms with Crippen molar-refractivity contribution in [3.05, 3.63) is 48.5 Å². The van der Waals surface area contributed by atoms with E-state index in [1.807, 2.05) is 0 Å². The maximum Gasteiger partial charge on any atom is 0.472 e. The van der Waals surface area contributed by atoms with Crippen LogP contribution in [0.1, 0.15) is 117 Å². The first-order valence-electron chi connectivity index (χ1n) is 16.3. The summed E-state index contributed by atoms with van der Waals surface area (Å²) in [4.78, 5) is 12.4. The highest BCUT2D eigenvalue weighted by atomic mass is 19.4. The van der Waals surface area contributed by atoms with E-state index in [4.69, 9.17) is 14.2 Å². The number of rotatable bonds is 24. The van der Waals surface area contributed by atoms with Crippen LogP contribution in [0.5, 0.6) is 23.0 Å². The smallest absolute Gasteiger partial charge is 0.472 e. The molecule has 2 aromatic rings. The lowest BCUT2D eigenvalue weighted by atomic mass is 10.1. The molecule has 9 heteroatoms. The number of hydrogen-bond donors (Lipinski definition) is 0. The fourth-order valence-corrected chi connectivity index (χ4v) is 4.61. The fraction of sp³-hybridized carbons (Fsp3) is 0.629. The Hall–Kier alpha value is -2.97. The van der Waals surface area contributed by atoms with Gasteiger partial charge in [0, 0.05) is 0 Å². The predicted octanol–water partition coefficient (Wildman–Crippen LogP) is 10.9. The second-order valence-electron chi connectivity index (χ2n) is 11.2. The van der Waals surface area contributed by atoms with Crippen LogP contribution in [0.15, 0.2) is 48.5 Å². The molecule has 2 aromatic carbocycles. The number of halogens is 4. The molecule has 2 rings (SSSR count). The van der Waals surface area contributed by atoms with Crippen LogP contribution in [0.25, 0.3) is 0 Å². The summed E-state index contributed by atoms with van der Waals surface area (Å²) in [5.41, 5.74) is 0. The zero-order valence-electron chi connectivity index (χ0n) is 26.4. The number of esters is 1. The highest BCUT2D eigenvalue weighted by molar-refractivity contribution is 5.81. The largest absolute Gasteiger partial charge is 0.494 e. The van der Waals surface area contributed by atoms with E-state index in [0.29, 0.717) is 24.7 Å². The van der Waals surface area contributed by atoms with Gasteiger partial charge in [-0.3, -0.25) is 0 Å². The van der Waals surface area contributed by atoms with E-state index >= 15 is 4.39 Å². The maximum absolute atomic E-state index is 15.1. The molecule has 5 nitrogen and oxygen atoms in total. The zero-order valence-corrected chi connectivity index (χ0v) is 26.4. The van der Waals surface area contributed by atoms with Gasteiger partial charge in [0.15, 0.2) is 0 Å². The highest BCUT2D eigenvalue weighted by Gasteiger charge is 2.67. The Morgan fingerprint density at radius 1 is 0.523 bits per heavy atom. The summed E-state index contributed by atoms with van der Waals surface area (Å²) in [6.45, 7) is 5.32. The molecule has 44 heavy (non-hydrogen) atoms. The Balaban J connectivity index is 1.79. The molecule has 1 unspecified atom stereocenters. The normalized spacial score (nSPS) is 12.9. The summed E-state index contributed by atoms with van der Waals surface area (Å²) in [7, 11) is 0. The van der Waals surface area contributed by atoms with E-state index in [9.17, 15) is 18.0 Å². The quantitative estimate of drug-likeness (QED) is 0.0502. The van der Waals surface area contributed by atoms with Crippen molar-refractivity contribution >= 4 is 5.97 Å². The SMILES string of the molecule is CCCCCCCCCCOc1ccc(OC(=O)C(F)(Oc2ccc(OCCCCCCCCCC)cc2)C(F)(F)F)cc1. The van der Waals surface area contributed by atoms with Crippen molar-refractivity contribution in [3.63, 3.8) is 0 Å². The van der Waals surface area contributed by atoms with Crippen LogP contribution in [0.4, 0.5) is 17.6 Å². The first-order chi connectivity index (χ1) is 21.2.